The first-order valence-corrected chi connectivity index (χ1v) is 6.42. The number of carbonyl (C=O) groups excluding carboxylic acids is 1. The van der Waals surface area contributed by atoms with Crippen molar-refractivity contribution in [3.05, 3.63) is 22.7 Å². The Morgan fingerprint density at radius 2 is 2.53 bits per heavy atom. The number of nitrogens with zero attached hydrogens (tertiary/aromatic N) is 2. The molecule has 2 atom stereocenters. The molecule has 7 nitrogen and oxygen atoms in total. The lowest BCUT2D eigenvalue weighted by Gasteiger charge is -2.34. The summed E-state index contributed by atoms with van der Waals surface area (Å²) in [5, 5.41) is 11.2. The molecule has 2 N–H and O–H groups in total. The van der Waals surface area contributed by atoms with Crippen molar-refractivity contribution in [2.24, 2.45) is 0 Å². The van der Waals surface area contributed by atoms with Crippen molar-refractivity contribution in [2.45, 2.75) is 13.0 Å². The Kier molecular flexibility index (Phi) is 3.51. The third-order valence-electron chi connectivity index (χ3n) is 2.16. The van der Waals surface area contributed by atoms with Gasteiger partial charge in [-0.2, -0.15) is 4.98 Å². The second kappa shape index (κ2) is 4.91. The smallest absolute Gasteiger partial charge is 0.354 e. The zero-order chi connectivity index (χ0) is 12.4. The summed E-state index contributed by atoms with van der Waals surface area (Å²) >= 11 is 0. The molecule has 0 spiro atoms. The number of aliphatic hydroxyl groups excluding tert-OH is 1. The van der Waals surface area contributed by atoms with Gasteiger partial charge in [0.2, 0.25) is 5.91 Å². The number of hydrogen-bond donors (Lipinski definition) is 2. The maximum Gasteiger partial charge on any atom is 0.354 e. The SMILES string of the molecule is CC(=O)Nc1ccn(P2CC(CO)O2)c(=O)n1. The second-order valence-electron chi connectivity index (χ2n) is 3.57. The van der Waals surface area contributed by atoms with Gasteiger partial charge in [-0.3, -0.25) is 9.13 Å². The van der Waals surface area contributed by atoms with Crippen LogP contribution in [0.2, 0.25) is 0 Å². The predicted octanol–water partition coefficient (Wildman–Crippen LogP) is -0.247. The van der Waals surface area contributed by atoms with Crippen LogP contribution in [0.15, 0.2) is 17.1 Å². The molecule has 0 saturated carbocycles. The van der Waals surface area contributed by atoms with E-state index in [-0.39, 0.29) is 24.4 Å². The minimum Gasteiger partial charge on any atom is -0.394 e. The molecule has 1 amide bonds. The van der Waals surface area contributed by atoms with Crippen molar-refractivity contribution in [1.29, 1.82) is 0 Å². The molecule has 2 unspecified atom stereocenters. The fourth-order valence-corrected chi connectivity index (χ4v) is 2.97. The highest BCUT2D eigenvalue weighted by atomic mass is 31.2. The Morgan fingerprint density at radius 1 is 1.82 bits per heavy atom. The van der Waals surface area contributed by atoms with Crippen molar-refractivity contribution >= 4 is 20.0 Å². The van der Waals surface area contributed by atoms with E-state index in [1.54, 1.807) is 12.3 Å². The van der Waals surface area contributed by atoms with Gasteiger partial charge in [0, 0.05) is 19.3 Å². The Labute approximate surface area is 98.3 Å². The number of aliphatic hydroxyl groups is 1. The molecule has 1 aromatic rings. The lowest BCUT2D eigenvalue weighted by atomic mass is 10.4. The first-order valence-electron chi connectivity index (χ1n) is 5.03. The van der Waals surface area contributed by atoms with Crippen LogP contribution in [0.3, 0.4) is 0 Å². The largest absolute Gasteiger partial charge is 0.394 e. The summed E-state index contributed by atoms with van der Waals surface area (Å²) < 4.78 is 6.72. The molecule has 0 bridgehead atoms. The molecule has 2 heterocycles. The third-order valence-corrected chi connectivity index (χ3v) is 4.21. The topological polar surface area (TPSA) is 93.5 Å². The molecule has 1 fully saturated rings. The number of nitrogens with one attached hydrogen (secondary N) is 1. The number of aromatic nitrogens is 2. The van der Waals surface area contributed by atoms with Crippen molar-refractivity contribution < 1.29 is 14.4 Å². The van der Waals surface area contributed by atoms with Crippen LogP contribution in [-0.2, 0) is 9.32 Å². The van der Waals surface area contributed by atoms with Gasteiger partial charge in [0.05, 0.1) is 12.7 Å². The van der Waals surface area contributed by atoms with Gasteiger partial charge in [-0.15, -0.1) is 0 Å². The first kappa shape index (κ1) is 12.2. The summed E-state index contributed by atoms with van der Waals surface area (Å²) in [6.07, 6.45) is 2.01. The van der Waals surface area contributed by atoms with E-state index in [0.717, 1.165) is 0 Å². The van der Waals surface area contributed by atoms with Gasteiger partial charge in [0.1, 0.15) is 14.1 Å². The molecule has 0 aromatic carbocycles. The van der Waals surface area contributed by atoms with Crippen LogP contribution < -0.4 is 11.0 Å². The van der Waals surface area contributed by atoms with E-state index in [9.17, 15) is 9.59 Å². The lowest BCUT2D eigenvalue weighted by Crippen LogP contribution is -2.35. The average molecular weight is 257 g/mol. The number of carbonyl (C=O) groups is 1. The van der Waals surface area contributed by atoms with Crippen LogP contribution in [0.4, 0.5) is 5.82 Å². The Bertz CT molecular complexity index is 483. The number of anilines is 1. The minimum atomic E-state index is -1.02. The lowest BCUT2D eigenvalue weighted by molar-refractivity contribution is -0.114. The van der Waals surface area contributed by atoms with E-state index >= 15 is 0 Å². The van der Waals surface area contributed by atoms with Crippen molar-refractivity contribution in [2.75, 3.05) is 18.1 Å². The maximum absolute atomic E-state index is 11.6. The predicted molar refractivity (Wildman–Crippen MR) is 61.9 cm³/mol. The zero-order valence-electron chi connectivity index (χ0n) is 9.16. The van der Waals surface area contributed by atoms with Crippen LogP contribution >= 0.6 is 8.30 Å². The minimum absolute atomic E-state index is 0.0367. The Morgan fingerprint density at radius 3 is 3.06 bits per heavy atom. The third kappa shape index (κ3) is 2.69. The second-order valence-corrected chi connectivity index (χ2v) is 5.28. The highest BCUT2D eigenvalue weighted by Crippen LogP contribution is 2.48. The average Bonchev–Trinajstić information content (AvgIpc) is 2.18. The summed E-state index contributed by atoms with van der Waals surface area (Å²) in [5.74, 6) is -0.0476. The Hall–Kier alpha value is -1.30. The van der Waals surface area contributed by atoms with E-state index in [4.69, 9.17) is 9.63 Å². The van der Waals surface area contributed by atoms with Gasteiger partial charge >= 0.3 is 5.69 Å². The highest BCUT2D eigenvalue weighted by Gasteiger charge is 2.32. The summed E-state index contributed by atoms with van der Waals surface area (Å²) in [4.78, 5) is 26.1. The summed E-state index contributed by atoms with van der Waals surface area (Å²) in [7, 11) is -1.02. The van der Waals surface area contributed by atoms with Gasteiger partial charge in [-0.05, 0) is 6.07 Å². The van der Waals surface area contributed by atoms with E-state index < -0.39 is 14.0 Å². The maximum atomic E-state index is 11.6. The molecule has 0 radical (unpaired) electrons. The van der Waals surface area contributed by atoms with Crippen LogP contribution in [0.1, 0.15) is 6.92 Å². The van der Waals surface area contributed by atoms with Crippen molar-refractivity contribution in [1.82, 2.24) is 9.32 Å². The fraction of sp³-hybridized carbons (Fsp3) is 0.444. The van der Waals surface area contributed by atoms with Crippen molar-refractivity contribution in [3.63, 3.8) is 0 Å². The molecule has 1 aliphatic rings. The van der Waals surface area contributed by atoms with Crippen LogP contribution in [0, 0.1) is 0 Å². The van der Waals surface area contributed by atoms with Crippen LogP contribution in [-0.4, -0.2) is 39.2 Å². The van der Waals surface area contributed by atoms with E-state index in [0.29, 0.717) is 6.16 Å². The van der Waals surface area contributed by atoms with Gasteiger partial charge in [-0.25, -0.2) is 4.79 Å². The molecule has 1 aromatic heterocycles. The molecule has 17 heavy (non-hydrogen) atoms. The van der Waals surface area contributed by atoms with Crippen LogP contribution in [0.5, 0.6) is 0 Å². The number of amides is 1. The molecular weight excluding hydrogens is 245 g/mol. The van der Waals surface area contributed by atoms with Gasteiger partial charge in [-0.1, -0.05) is 0 Å². The highest BCUT2D eigenvalue weighted by molar-refractivity contribution is 7.52. The summed E-state index contributed by atoms with van der Waals surface area (Å²) in [5.41, 5.74) is -0.459. The fourth-order valence-electron chi connectivity index (χ4n) is 1.38. The van der Waals surface area contributed by atoms with E-state index in [1.165, 1.54) is 11.3 Å². The van der Waals surface area contributed by atoms with Gasteiger partial charge in [0.15, 0.2) is 0 Å². The molecule has 1 aliphatic heterocycles. The van der Waals surface area contributed by atoms with E-state index in [1.807, 2.05) is 0 Å². The molecular formula is C9H12N3O4P. The summed E-state index contributed by atoms with van der Waals surface area (Å²) in [6, 6.07) is 1.54. The number of rotatable bonds is 3. The summed E-state index contributed by atoms with van der Waals surface area (Å²) in [6.45, 7) is 1.31. The van der Waals surface area contributed by atoms with Gasteiger partial charge in [0.25, 0.3) is 0 Å². The normalized spacial score (nSPS) is 22.9. The first-order chi connectivity index (χ1) is 8.10. The zero-order valence-corrected chi connectivity index (χ0v) is 10.1. The number of hydrogen-bond acceptors (Lipinski definition) is 5. The molecule has 92 valence electrons. The molecule has 1 saturated heterocycles. The standard InChI is InChI=1S/C9H12N3O4P/c1-6(14)10-8-2-3-12(9(15)11-8)17-5-7(4-13)16-17/h2-3,7,13H,4-5H2,1H3,(H,10,11,14,15). The molecule has 8 heteroatoms. The van der Waals surface area contributed by atoms with E-state index in [2.05, 4.69) is 10.3 Å². The van der Waals surface area contributed by atoms with Gasteiger partial charge < -0.3 is 14.9 Å². The Balaban J connectivity index is 2.10. The van der Waals surface area contributed by atoms with Crippen molar-refractivity contribution in [3.8, 4) is 0 Å². The molecule has 2 rings (SSSR count). The molecule has 0 aliphatic carbocycles. The van der Waals surface area contributed by atoms with Crippen LogP contribution in [0.25, 0.3) is 0 Å². The monoisotopic (exact) mass is 257 g/mol. The quantitative estimate of drug-likeness (QED) is 0.728.